The highest BCUT2D eigenvalue weighted by atomic mass is 79.9. The van der Waals surface area contributed by atoms with Gasteiger partial charge in [0.2, 0.25) is 0 Å². The van der Waals surface area contributed by atoms with Gasteiger partial charge in [-0.05, 0) is 25.0 Å². The Labute approximate surface area is 75.7 Å². The van der Waals surface area contributed by atoms with E-state index in [1.165, 1.54) is 5.56 Å². The molecule has 1 nitrogen and oxygen atoms in total. The van der Waals surface area contributed by atoms with Crippen molar-refractivity contribution in [2.45, 2.75) is 19.4 Å². The van der Waals surface area contributed by atoms with E-state index in [9.17, 15) is 0 Å². The van der Waals surface area contributed by atoms with E-state index < -0.39 is 0 Å². The summed E-state index contributed by atoms with van der Waals surface area (Å²) in [4.78, 5) is 0. The predicted molar refractivity (Wildman–Crippen MR) is 51.5 cm³/mol. The van der Waals surface area contributed by atoms with Crippen molar-refractivity contribution < 1.29 is 0 Å². The first-order valence-corrected chi connectivity index (χ1v) is 4.48. The van der Waals surface area contributed by atoms with E-state index >= 15 is 0 Å². The van der Waals surface area contributed by atoms with Crippen molar-refractivity contribution in [2.24, 2.45) is 5.73 Å². The summed E-state index contributed by atoms with van der Waals surface area (Å²) in [6.07, 6.45) is 0.932. The molecule has 0 heterocycles. The van der Waals surface area contributed by atoms with Crippen molar-refractivity contribution in [3.05, 3.63) is 34.3 Å². The molecule has 0 bridgehead atoms. The Morgan fingerprint density at radius 1 is 1.45 bits per heavy atom. The molecule has 0 saturated heterocycles. The smallest absolute Gasteiger partial charge is 0.0207 e. The van der Waals surface area contributed by atoms with E-state index in [2.05, 4.69) is 22.0 Å². The van der Waals surface area contributed by atoms with E-state index in [-0.39, 0.29) is 6.04 Å². The Kier molecular flexibility index (Phi) is 3.09. The molecule has 1 aromatic carbocycles. The van der Waals surface area contributed by atoms with Gasteiger partial charge in [-0.2, -0.15) is 0 Å². The van der Waals surface area contributed by atoms with Crippen molar-refractivity contribution in [1.82, 2.24) is 0 Å². The third kappa shape index (κ3) is 2.64. The van der Waals surface area contributed by atoms with Crippen LogP contribution in [0.5, 0.6) is 0 Å². The van der Waals surface area contributed by atoms with E-state index in [1.54, 1.807) is 0 Å². The lowest BCUT2D eigenvalue weighted by Gasteiger charge is -2.06. The van der Waals surface area contributed by atoms with Crippen LogP contribution in [0.3, 0.4) is 0 Å². The van der Waals surface area contributed by atoms with E-state index in [4.69, 9.17) is 5.73 Å². The van der Waals surface area contributed by atoms with Gasteiger partial charge >= 0.3 is 0 Å². The average molecular weight is 214 g/mol. The summed E-state index contributed by atoms with van der Waals surface area (Å²) in [6.45, 7) is 2.01. The molecule has 0 spiro atoms. The van der Waals surface area contributed by atoms with Crippen LogP contribution in [-0.2, 0) is 6.42 Å². The molecule has 0 saturated carbocycles. The van der Waals surface area contributed by atoms with E-state index in [0.717, 1.165) is 10.9 Å². The molecule has 0 aromatic heterocycles. The first kappa shape index (κ1) is 8.75. The molecule has 1 rings (SSSR count). The molecule has 1 atom stereocenters. The molecule has 0 aliphatic carbocycles. The molecule has 0 radical (unpaired) electrons. The summed E-state index contributed by atoms with van der Waals surface area (Å²) >= 11 is 3.47. The van der Waals surface area contributed by atoms with Crippen LogP contribution in [0, 0.1) is 0 Å². The zero-order valence-corrected chi connectivity index (χ0v) is 8.14. The van der Waals surface area contributed by atoms with E-state index in [1.807, 2.05) is 25.1 Å². The van der Waals surface area contributed by atoms with Crippen LogP contribution < -0.4 is 5.73 Å². The minimum absolute atomic E-state index is 0.230. The number of hydrogen-bond donors (Lipinski definition) is 1. The van der Waals surface area contributed by atoms with Crippen molar-refractivity contribution in [3.63, 3.8) is 0 Å². The van der Waals surface area contributed by atoms with Crippen molar-refractivity contribution in [1.29, 1.82) is 0 Å². The number of nitrogens with two attached hydrogens (primary N) is 1. The van der Waals surface area contributed by atoms with Gasteiger partial charge in [0, 0.05) is 10.5 Å². The monoisotopic (exact) mass is 213 g/mol. The number of rotatable bonds is 2. The number of halogens is 1. The van der Waals surface area contributed by atoms with Crippen LogP contribution in [0.2, 0.25) is 0 Å². The second-order valence-corrected chi connectivity index (χ2v) is 3.63. The fraction of sp³-hybridized carbons (Fsp3) is 0.333. The first-order chi connectivity index (χ1) is 5.20. The van der Waals surface area contributed by atoms with Crippen molar-refractivity contribution >= 4 is 15.9 Å². The van der Waals surface area contributed by atoms with Gasteiger partial charge in [-0.15, -0.1) is 0 Å². The molecule has 0 amide bonds. The largest absolute Gasteiger partial charge is 0.328 e. The number of hydrogen-bond acceptors (Lipinski definition) is 1. The van der Waals surface area contributed by atoms with Gasteiger partial charge in [-0.1, -0.05) is 34.1 Å². The summed E-state index contributed by atoms with van der Waals surface area (Å²) in [7, 11) is 0. The average Bonchev–Trinajstić information content (AvgIpc) is 1.93. The topological polar surface area (TPSA) is 26.0 Å². The maximum Gasteiger partial charge on any atom is 0.0207 e. The third-order valence-corrected chi connectivity index (χ3v) is 2.27. The molecule has 2 heteroatoms. The fourth-order valence-electron chi connectivity index (χ4n) is 1.01. The van der Waals surface area contributed by atoms with Crippen LogP contribution in [0.1, 0.15) is 12.5 Å². The highest BCUT2D eigenvalue weighted by Crippen LogP contribution is 2.16. The van der Waals surface area contributed by atoms with Gasteiger partial charge in [0.05, 0.1) is 0 Å². The Morgan fingerprint density at radius 3 is 2.64 bits per heavy atom. The zero-order chi connectivity index (χ0) is 8.27. The van der Waals surface area contributed by atoms with Crippen molar-refractivity contribution in [3.8, 4) is 0 Å². The second kappa shape index (κ2) is 3.88. The summed E-state index contributed by atoms with van der Waals surface area (Å²) in [5, 5.41) is 0. The van der Waals surface area contributed by atoms with Crippen LogP contribution in [0.4, 0.5) is 0 Å². The van der Waals surface area contributed by atoms with Crippen LogP contribution in [0.25, 0.3) is 0 Å². The lowest BCUT2D eigenvalue weighted by molar-refractivity contribution is 0.736. The maximum absolute atomic E-state index is 5.67. The summed E-state index contributed by atoms with van der Waals surface area (Å²) < 4.78 is 1.15. The summed E-state index contributed by atoms with van der Waals surface area (Å²) in [6, 6.07) is 8.40. The second-order valence-electron chi connectivity index (χ2n) is 2.77. The number of benzene rings is 1. The van der Waals surface area contributed by atoms with Crippen LogP contribution in [-0.4, -0.2) is 6.04 Å². The molecule has 0 unspecified atom stereocenters. The van der Waals surface area contributed by atoms with Gasteiger partial charge in [0.25, 0.3) is 0 Å². The quantitative estimate of drug-likeness (QED) is 0.803. The standard InChI is InChI=1S/C9H12BrN/c1-7(11)6-8-4-2-3-5-9(8)10/h2-5,7H,6,11H2,1H3/t7-/m0/s1. The lowest BCUT2D eigenvalue weighted by atomic mass is 10.1. The predicted octanol–water partition coefficient (Wildman–Crippen LogP) is 2.34. The lowest BCUT2D eigenvalue weighted by Crippen LogP contribution is -2.17. The highest BCUT2D eigenvalue weighted by molar-refractivity contribution is 9.10. The molecule has 0 fully saturated rings. The fourth-order valence-corrected chi connectivity index (χ4v) is 1.46. The first-order valence-electron chi connectivity index (χ1n) is 3.69. The van der Waals surface area contributed by atoms with E-state index in [0.29, 0.717) is 0 Å². The molecule has 0 aliphatic heterocycles. The molecule has 1 aromatic rings. The third-order valence-electron chi connectivity index (χ3n) is 1.50. The Bertz CT molecular complexity index is 233. The highest BCUT2D eigenvalue weighted by Gasteiger charge is 2.00. The van der Waals surface area contributed by atoms with Crippen LogP contribution in [0.15, 0.2) is 28.7 Å². The van der Waals surface area contributed by atoms with Crippen LogP contribution >= 0.6 is 15.9 Å². The Balaban J connectivity index is 2.78. The van der Waals surface area contributed by atoms with Gasteiger partial charge < -0.3 is 5.73 Å². The van der Waals surface area contributed by atoms with Gasteiger partial charge in [-0.3, -0.25) is 0 Å². The Morgan fingerprint density at radius 2 is 2.09 bits per heavy atom. The molecular weight excluding hydrogens is 202 g/mol. The van der Waals surface area contributed by atoms with Crippen molar-refractivity contribution in [2.75, 3.05) is 0 Å². The molecule has 0 aliphatic rings. The zero-order valence-electron chi connectivity index (χ0n) is 6.55. The van der Waals surface area contributed by atoms with Gasteiger partial charge in [0.15, 0.2) is 0 Å². The Hall–Kier alpha value is -0.340. The maximum atomic E-state index is 5.67. The summed E-state index contributed by atoms with van der Waals surface area (Å²) in [5.74, 6) is 0. The molecule has 11 heavy (non-hydrogen) atoms. The van der Waals surface area contributed by atoms with Gasteiger partial charge in [-0.25, -0.2) is 0 Å². The van der Waals surface area contributed by atoms with Gasteiger partial charge in [0.1, 0.15) is 0 Å². The normalized spacial score (nSPS) is 13.0. The SMILES string of the molecule is C[C@H](N)Cc1ccccc1Br. The molecular formula is C9H12BrN. The minimum Gasteiger partial charge on any atom is -0.328 e. The minimum atomic E-state index is 0.230. The molecule has 2 N–H and O–H groups in total. The molecule has 60 valence electrons. The summed E-state index contributed by atoms with van der Waals surface area (Å²) in [5.41, 5.74) is 6.95.